The number of benzene rings is 2. The minimum Gasteiger partial charge on any atom is -1.00 e. The zero-order chi connectivity index (χ0) is 8.93. The van der Waals surface area contributed by atoms with E-state index in [1.165, 1.54) is 11.1 Å². The molecule has 16 heavy (non-hydrogen) atoms. The first-order valence-corrected chi connectivity index (χ1v) is 4.40. The molecule has 2 aromatic carbocycles. The summed E-state index contributed by atoms with van der Waals surface area (Å²) >= 11 is 0. The van der Waals surface area contributed by atoms with Crippen molar-refractivity contribution in [3.63, 3.8) is 0 Å². The van der Waals surface area contributed by atoms with Crippen LogP contribution in [0.5, 0.6) is 0 Å². The van der Waals surface area contributed by atoms with Gasteiger partial charge in [-0.1, -0.05) is 36.4 Å². The smallest absolute Gasteiger partial charge is 1.00 e. The van der Waals surface area contributed by atoms with Crippen LogP contribution in [0.2, 0.25) is 0 Å². The first-order chi connectivity index (χ1) is 6.45. The normalized spacial score (nSPS) is 7.75. The van der Waals surface area contributed by atoms with Crippen LogP contribution in [0.1, 0.15) is 11.1 Å². The quantitative estimate of drug-likeness (QED) is 0.416. The standard InChI is InChI=1S/C13H11.2ClH.Ti/c1-3-7-12(8-4-1)11-13-9-5-2-6-10-13;;;/h1-11H;2*1H;/q-1;;;+3/p-2. The summed E-state index contributed by atoms with van der Waals surface area (Å²) in [5, 5.41) is 0. The Bertz CT molecular complexity index is 325. The molecule has 0 nitrogen and oxygen atoms in total. The van der Waals surface area contributed by atoms with Gasteiger partial charge in [-0.2, -0.15) is 0 Å². The third-order valence-electron chi connectivity index (χ3n) is 1.93. The number of rotatable bonds is 2. The Morgan fingerprint density at radius 1 is 0.562 bits per heavy atom. The molecule has 0 aliphatic carbocycles. The van der Waals surface area contributed by atoms with Crippen molar-refractivity contribution >= 4 is 0 Å². The molecule has 0 heterocycles. The van der Waals surface area contributed by atoms with Crippen molar-refractivity contribution in [3.05, 3.63) is 78.2 Å². The Morgan fingerprint density at radius 3 is 1.19 bits per heavy atom. The van der Waals surface area contributed by atoms with Gasteiger partial charge in [-0.3, -0.25) is 0 Å². The van der Waals surface area contributed by atoms with Gasteiger partial charge in [-0.05, 0) is 0 Å². The fourth-order valence-electron chi connectivity index (χ4n) is 1.29. The molecular formula is C13H11Cl2Ti. The van der Waals surface area contributed by atoms with Crippen LogP contribution in [0.4, 0.5) is 0 Å². The molecule has 0 saturated carbocycles. The molecule has 0 N–H and O–H groups in total. The molecule has 1 radical (unpaired) electrons. The van der Waals surface area contributed by atoms with Crippen molar-refractivity contribution < 1.29 is 46.5 Å². The number of hydrogen-bond acceptors (Lipinski definition) is 0. The molecule has 0 spiro atoms. The van der Waals surface area contributed by atoms with Crippen molar-refractivity contribution in [1.29, 1.82) is 0 Å². The average Bonchev–Trinajstić information content (AvgIpc) is 2.21. The van der Waals surface area contributed by atoms with Crippen LogP contribution in [0.3, 0.4) is 0 Å². The van der Waals surface area contributed by atoms with Crippen LogP contribution in [0.25, 0.3) is 0 Å². The molecule has 81 valence electrons. The molecule has 2 aromatic rings. The van der Waals surface area contributed by atoms with E-state index in [1.54, 1.807) is 0 Å². The van der Waals surface area contributed by atoms with Gasteiger partial charge in [0.15, 0.2) is 0 Å². The predicted octanol–water partition coefficient (Wildman–Crippen LogP) is -2.71. The molecule has 0 aromatic heterocycles. The Labute approximate surface area is 124 Å². The van der Waals surface area contributed by atoms with Gasteiger partial charge in [0.05, 0.1) is 0 Å². The van der Waals surface area contributed by atoms with Crippen LogP contribution in [0, 0.1) is 6.42 Å². The minimum absolute atomic E-state index is 0. The molecule has 0 fully saturated rings. The van der Waals surface area contributed by atoms with E-state index in [1.807, 2.05) is 12.1 Å². The summed E-state index contributed by atoms with van der Waals surface area (Å²) in [6.07, 6.45) is 2.17. The topological polar surface area (TPSA) is 0 Å². The minimum atomic E-state index is 0. The summed E-state index contributed by atoms with van der Waals surface area (Å²) in [5.74, 6) is 0. The summed E-state index contributed by atoms with van der Waals surface area (Å²) in [5.41, 5.74) is 2.49. The van der Waals surface area contributed by atoms with Crippen molar-refractivity contribution in [1.82, 2.24) is 0 Å². The molecule has 0 aliphatic rings. The monoisotopic (exact) mass is 285 g/mol. The fourth-order valence-corrected chi connectivity index (χ4v) is 1.29. The van der Waals surface area contributed by atoms with E-state index in [9.17, 15) is 0 Å². The number of halogens is 2. The van der Waals surface area contributed by atoms with Crippen LogP contribution in [0.15, 0.2) is 60.7 Å². The first kappa shape index (κ1) is 18.0. The SMILES string of the molecule is [Cl-].[Cl-].[Ti+3].c1ccc([CH-]c2ccccc2)cc1. The summed E-state index contributed by atoms with van der Waals surface area (Å²) < 4.78 is 0. The fraction of sp³-hybridized carbons (Fsp3) is 0. The van der Waals surface area contributed by atoms with E-state index in [0.29, 0.717) is 0 Å². The first-order valence-electron chi connectivity index (χ1n) is 4.40. The summed E-state index contributed by atoms with van der Waals surface area (Å²) in [6.45, 7) is 0. The molecule has 0 atom stereocenters. The van der Waals surface area contributed by atoms with Gasteiger partial charge in [0.1, 0.15) is 0 Å². The van der Waals surface area contributed by atoms with Crippen molar-refractivity contribution in [2.75, 3.05) is 0 Å². The van der Waals surface area contributed by atoms with Gasteiger partial charge in [0.25, 0.3) is 0 Å². The third kappa shape index (κ3) is 5.62. The van der Waals surface area contributed by atoms with Gasteiger partial charge >= 0.3 is 21.7 Å². The van der Waals surface area contributed by atoms with Gasteiger partial charge in [0, 0.05) is 0 Å². The average molecular weight is 286 g/mol. The second-order valence-electron chi connectivity index (χ2n) is 2.97. The maximum atomic E-state index is 2.17. The van der Waals surface area contributed by atoms with Gasteiger partial charge in [-0.25, -0.2) is 0 Å². The molecule has 0 bridgehead atoms. The molecule has 0 unspecified atom stereocenters. The number of hydrogen-bond donors (Lipinski definition) is 0. The predicted molar refractivity (Wildman–Crippen MR) is 55.4 cm³/mol. The maximum absolute atomic E-state index is 2.17. The van der Waals surface area contributed by atoms with Gasteiger partial charge < -0.3 is 24.8 Å². The van der Waals surface area contributed by atoms with Gasteiger partial charge in [0.2, 0.25) is 0 Å². The van der Waals surface area contributed by atoms with E-state index in [4.69, 9.17) is 0 Å². The van der Waals surface area contributed by atoms with Crippen molar-refractivity contribution in [2.24, 2.45) is 0 Å². The van der Waals surface area contributed by atoms with E-state index in [0.717, 1.165) is 0 Å². The Balaban J connectivity index is 0. The van der Waals surface area contributed by atoms with Crippen molar-refractivity contribution in [2.45, 2.75) is 0 Å². The van der Waals surface area contributed by atoms with E-state index in [2.05, 4.69) is 55.0 Å². The molecule has 3 heteroatoms. The molecular weight excluding hydrogens is 275 g/mol. The maximum Gasteiger partial charge on any atom is 3.00 e. The van der Waals surface area contributed by atoms with Crippen LogP contribution < -0.4 is 24.8 Å². The second-order valence-corrected chi connectivity index (χ2v) is 2.97. The zero-order valence-electron chi connectivity index (χ0n) is 8.61. The second kappa shape index (κ2) is 9.80. The molecule has 2 rings (SSSR count). The largest absolute Gasteiger partial charge is 3.00 e. The summed E-state index contributed by atoms with van der Waals surface area (Å²) in [6, 6.07) is 20.7. The van der Waals surface area contributed by atoms with E-state index < -0.39 is 0 Å². The summed E-state index contributed by atoms with van der Waals surface area (Å²) in [7, 11) is 0. The Morgan fingerprint density at radius 2 is 0.875 bits per heavy atom. The Hall–Kier alpha value is -0.396. The van der Waals surface area contributed by atoms with Crippen LogP contribution >= 0.6 is 0 Å². The van der Waals surface area contributed by atoms with E-state index >= 15 is 0 Å². The summed E-state index contributed by atoms with van der Waals surface area (Å²) in [4.78, 5) is 0. The van der Waals surface area contributed by atoms with E-state index in [-0.39, 0.29) is 46.5 Å². The third-order valence-corrected chi connectivity index (χ3v) is 1.93. The van der Waals surface area contributed by atoms with Crippen LogP contribution in [-0.4, -0.2) is 0 Å². The Kier molecular flexibility index (Phi) is 11.0. The zero-order valence-corrected chi connectivity index (χ0v) is 11.7. The molecule has 0 saturated heterocycles. The van der Waals surface area contributed by atoms with Crippen LogP contribution in [-0.2, 0) is 21.7 Å². The van der Waals surface area contributed by atoms with Gasteiger partial charge in [-0.15, -0.1) is 41.8 Å². The molecule has 0 amide bonds. The van der Waals surface area contributed by atoms with Crippen molar-refractivity contribution in [3.8, 4) is 0 Å². The molecule has 0 aliphatic heterocycles.